The number of carbonyl (C=O) groups is 1. The molecular weight excluding hydrogens is 328 g/mol. The maximum Gasteiger partial charge on any atom is 0.277 e. The molecule has 1 amide bonds. The van der Waals surface area contributed by atoms with Gasteiger partial charge in [0.25, 0.3) is 5.91 Å². The number of aromatic amines is 1. The number of anilines is 1. The van der Waals surface area contributed by atoms with Gasteiger partial charge in [-0.2, -0.15) is 5.10 Å². The van der Waals surface area contributed by atoms with Crippen LogP contribution >= 0.6 is 11.3 Å². The van der Waals surface area contributed by atoms with Crippen LogP contribution in [0.5, 0.6) is 11.5 Å². The lowest BCUT2D eigenvalue weighted by molar-refractivity contribution is 0.102. The minimum absolute atomic E-state index is 0.283. The van der Waals surface area contributed by atoms with Gasteiger partial charge in [0.15, 0.2) is 22.3 Å². The Morgan fingerprint density at radius 2 is 2.00 bits per heavy atom. The molecule has 2 aromatic heterocycles. The van der Waals surface area contributed by atoms with Gasteiger partial charge in [-0.15, -0.1) is 0 Å². The van der Waals surface area contributed by atoms with E-state index in [1.54, 1.807) is 6.07 Å². The first-order valence-electron chi connectivity index (χ1n) is 7.67. The second-order valence-electron chi connectivity index (χ2n) is 5.80. The summed E-state index contributed by atoms with van der Waals surface area (Å²) in [6, 6.07) is 5.48. The molecule has 0 atom stereocenters. The molecule has 0 fully saturated rings. The molecule has 3 heterocycles. The number of carbonyl (C=O) groups excluding carboxylic acids is 1. The van der Waals surface area contributed by atoms with Crippen molar-refractivity contribution in [1.29, 1.82) is 0 Å². The number of hydrogen-bond donors (Lipinski definition) is 2. The van der Waals surface area contributed by atoms with Crippen molar-refractivity contribution < 1.29 is 14.3 Å². The van der Waals surface area contributed by atoms with Crippen LogP contribution in [-0.2, 0) is 0 Å². The van der Waals surface area contributed by atoms with Crippen molar-refractivity contribution in [2.24, 2.45) is 0 Å². The zero-order chi connectivity index (χ0) is 16.7. The van der Waals surface area contributed by atoms with Gasteiger partial charge < -0.3 is 9.47 Å². The predicted molar refractivity (Wildman–Crippen MR) is 91.2 cm³/mol. The van der Waals surface area contributed by atoms with Gasteiger partial charge in [-0.05, 0) is 12.0 Å². The summed E-state index contributed by atoms with van der Waals surface area (Å²) in [4.78, 5) is 16.7. The highest BCUT2D eigenvalue weighted by Crippen LogP contribution is 2.37. The SMILES string of the molecule is CC(C)c1cc(C(=O)Nc2nc3cc4c(cc3s2)OCCO4)n[nH]1. The normalized spacial score (nSPS) is 13.5. The summed E-state index contributed by atoms with van der Waals surface area (Å²) in [6.45, 7) is 5.14. The maximum atomic E-state index is 12.3. The van der Waals surface area contributed by atoms with E-state index in [1.165, 1.54) is 11.3 Å². The van der Waals surface area contributed by atoms with Crippen molar-refractivity contribution in [2.75, 3.05) is 18.5 Å². The third kappa shape index (κ3) is 2.69. The van der Waals surface area contributed by atoms with Crippen molar-refractivity contribution in [3.8, 4) is 11.5 Å². The Morgan fingerprint density at radius 1 is 1.25 bits per heavy atom. The average Bonchev–Trinajstić information content (AvgIpc) is 3.19. The number of aromatic nitrogens is 3. The van der Waals surface area contributed by atoms with Crippen LogP contribution in [0.3, 0.4) is 0 Å². The number of nitrogens with zero attached hydrogens (tertiary/aromatic N) is 2. The number of fused-ring (bicyclic) bond motifs is 2. The number of rotatable bonds is 3. The highest BCUT2D eigenvalue weighted by atomic mass is 32.1. The Balaban J connectivity index is 1.58. The number of amides is 1. The minimum atomic E-state index is -0.283. The van der Waals surface area contributed by atoms with Crippen LogP contribution < -0.4 is 14.8 Å². The summed E-state index contributed by atoms with van der Waals surface area (Å²) in [7, 11) is 0. The summed E-state index contributed by atoms with van der Waals surface area (Å²) >= 11 is 1.39. The summed E-state index contributed by atoms with van der Waals surface area (Å²) < 4.78 is 12.1. The van der Waals surface area contributed by atoms with E-state index in [4.69, 9.17) is 9.47 Å². The van der Waals surface area contributed by atoms with Crippen LogP contribution in [0.4, 0.5) is 5.13 Å². The number of benzene rings is 1. The first-order valence-corrected chi connectivity index (χ1v) is 8.48. The Morgan fingerprint density at radius 3 is 2.71 bits per heavy atom. The number of thiazole rings is 1. The molecule has 0 bridgehead atoms. The first kappa shape index (κ1) is 14.9. The molecule has 4 rings (SSSR count). The topological polar surface area (TPSA) is 89.1 Å². The Bertz CT molecular complexity index is 872. The quantitative estimate of drug-likeness (QED) is 0.762. The number of hydrogen-bond acceptors (Lipinski definition) is 6. The van der Waals surface area contributed by atoms with E-state index in [2.05, 4.69) is 20.5 Å². The van der Waals surface area contributed by atoms with Crippen LogP contribution in [0.1, 0.15) is 35.9 Å². The highest BCUT2D eigenvalue weighted by molar-refractivity contribution is 7.22. The van der Waals surface area contributed by atoms with Crippen LogP contribution in [0.2, 0.25) is 0 Å². The van der Waals surface area contributed by atoms with Gasteiger partial charge in [-0.3, -0.25) is 15.2 Å². The third-order valence-corrected chi connectivity index (χ3v) is 4.66. The van der Waals surface area contributed by atoms with E-state index in [9.17, 15) is 4.79 Å². The van der Waals surface area contributed by atoms with E-state index >= 15 is 0 Å². The Hall–Kier alpha value is -2.61. The lowest BCUT2D eigenvalue weighted by Crippen LogP contribution is -2.15. The molecule has 3 aromatic rings. The summed E-state index contributed by atoms with van der Waals surface area (Å²) in [5.74, 6) is 1.40. The monoisotopic (exact) mass is 344 g/mol. The van der Waals surface area contributed by atoms with Crippen molar-refractivity contribution in [1.82, 2.24) is 15.2 Å². The van der Waals surface area contributed by atoms with Gasteiger partial charge in [0, 0.05) is 17.8 Å². The van der Waals surface area contributed by atoms with Gasteiger partial charge in [0.1, 0.15) is 13.2 Å². The van der Waals surface area contributed by atoms with Crippen molar-refractivity contribution >= 4 is 32.6 Å². The van der Waals surface area contributed by atoms with E-state index < -0.39 is 0 Å². The van der Waals surface area contributed by atoms with E-state index in [1.807, 2.05) is 26.0 Å². The number of ether oxygens (including phenoxy) is 2. The van der Waals surface area contributed by atoms with Crippen molar-refractivity contribution in [3.05, 3.63) is 29.6 Å². The van der Waals surface area contributed by atoms with Gasteiger partial charge in [0.2, 0.25) is 0 Å². The lowest BCUT2D eigenvalue weighted by Gasteiger charge is -2.17. The predicted octanol–water partition coefficient (Wildman–Crippen LogP) is 3.17. The minimum Gasteiger partial charge on any atom is -0.486 e. The molecule has 0 saturated carbocycles. The molecule has 0 aliphatic carbocycles. The molecule has 24 heavy (non-hydrogen) atoms. The molecule has 0 saturated heterocycles. The molecule has 8 heteroatoms. The van der Waals surface area contributed by atoms with Crippen molar-refractivity contribution in [2.45, 2.75) is 19.8 Å². The number of nitrogens with one attached hydrogen (secondary N) is 2. The van der Waals surface area contributed by atoms with Gasteiger partial charge in [0.05, 0.1) is 10.2 Å². The van der Waals surface area contributed by atoms with Gasteiger partial charge in [-0.1, -0.05) is 25.2 Å². The smallest absolute Gasteiger partial charge is 0.277 e. The lowest BCUT2D eigenvalue weighted by atomic mass is 10.1. The average molecular weight is 344 g/mol. The van der Waals surface area contributed by atoms with E-state index in [-0.39, 0.29) is 11.8 Å². The summed E-state index contributed by atoms with van der Waals surface area (Å²) in [6.07, 6.45) is 0. The number of H-pyrrole nitrogens is 1. The molecule has 7 nitrogen and oxygen atoms in total. The molecule has 1 aromatic carbocycles. The molecule has 0 spiro atoms. The van der Waals surface area contributed by atoms with Gasteiger partial charge in [-0.25, -0.2) is 4.98 Å². The second kappa shape index (κ2) is 5.79. The fourth-order valence-corrected chi connectivity index (χ4v) is 3.30. The zero-order valence-electron chi connectivity index (χ0n) is 13.3. The van der Waals surface area contributed by atoms with Crippen LogP contribution in [0, 0.1) is 0 Å². The molecule has 0 radical (unpaired) electrons. The second-order valence-corrected chi connectivity index (χ2v) is 6.83. The molecule has 1 aliphatic rings. The first-order chi connectivity index (χ1) is 11.6. The molecule has 0 unspecified atom stereocenters. The molecule has 124 valence electrons. The van der Waals surface area contributed by atoms with Crippen LogP contribution in [0.15, 0.2) is 18.2 Å². The molecular formula is C16H16N4O3S. The maximum absolute atomic E-state index is 12.3. The fourth-order valence-electron chi connectivity index (χ4n) is 2.43. The van der Waals surface area contributed by atoms with E-state index in [0.717, 1.165) is 15.9 Å². The zero-order valence-corrected chi connectivity index (χ0v) is 14.1. The highest BCUT2D eigenvalue weighted by Gasteiger charge is 2.17. The molecule has 2 N–H and O–H groups in total. The largest absolute Gasteiger partial charge is 0.486 e. The van der Waals surface area contributed by atoms with Crippen molar-refractivity contribution in [3.63, 3.8) is 0 Å². The standard InChI is InChI=1S/C16H16N4O3S/c1-8(2)9-5-11(20-19-9)15(21)18-16-17-10-6-12-13(7-14(10)24-16)23-4-3-22-12/h5-8H,3-4H2,1-2H3,(H,19,20)(H,17,18,21). The van der Waals surface area contributed by atoms with E-state index in [0.29, 0.717) is 35.5 Å². The summed E-state index contributed by atoms with van der Waals surface area (Å²) in [5.41, 5.74) is 2.04. The molecule has 1 aliphatic heterocycles. The van der Waals surface area contributed by atoms with Gasteiger partial charge >= 0.3 is 0 Å². The summed E-state index contributed by atoms with van der Waals surface area (Å²) in [5, 5.41) is 10.2. The Kier molecular flexibility index (Phi) is 3.61. The third-order valence-electron chi connectivity index (χ3n) is 3.73. The Labute approximate surface area is 142 Å². The van der Waals surface area contributed by atoms with Crippen LogP contribution in [-0.4, -0.2) is 34.3 Å². The van der Waals surface area contributed by atoms with Crippen LogP contribution in [0.25, 0.3) is 10.2 Å². The fraction of sp³-hybridized carbons (Fsp3) is 0.312.